The number of fused-ring (bicyclic) bond motifs is 1. The van der Waals surface area contributed by atoms with Gasteiger partial charge in [-0.1, -0.05) is 0 Å². The molecule has 0 saturated heterocycles. The molecule has 2 aromatic rings. The molecule has 0 aliphatic carbocycles. The van der Waals surface area contributed by atoms with Gasteiger partial charge in [0.05, 0.1) is 4.70 Å². The lowest BCUT2D eigenvalue weighted by molar-refractivity contribution is 0.112. The molecule has 54 valence electrons. The SMILES string of the molecule is O=Cc1nsc2cnccc12. The fourth-order valence-electron chi connectivity index (χ4n) is 0.897. The van der Waals surface area contributed by atoms with E-state index in [-0.39, 0.29) is 0 Å². The van der Waals surface area contributed by atoms with Crippen molar-refractivity contribution in [3.63, 3.8) is 0 Å². The fraction of sp³-hybridized carbons (Fsp3) is 0. The third kappa shape index (κ3) is 0.914. The lowest BCUT2D eigenvalue weighted by Gasteiger charge is -1.83. The van der Waals surface area contributed by atoms with Gasteiger partial charge in [-0.25, -0.2) is 0 Å². The smallest absolute Gasteiger partial charge is 0.170 e. The largest absolute Gasteiger partial charge is 0.296 e. The molecule has 0 amide bonds. The second-order valence-corrected chi connectivity index (χ2v) is 2.86. The molecule has 0 spiro atoms. The van der Waals surface area contributed by atoms with Gasteiger partial charge in [0.2, 0.25) is 0 Å². The van der Waals surface area contributed by atoms with Crippen LogP contribution in [0.2, 0.25) is 0 Å². The molecule has 2 heterocycles. The molecule has 0 fully saturated rings. The van der Waals surface area contributed by atoms with E-state index in [0.29, 0.717) is 5.69 Å². The van der Waals surface area contributed by atoms with Gasteiger partial charge in [-0.05, 0) is 17.6 Å². The van der Waals surface area contributed by atoms with Crippen LogP contribution in [0.25, 0.3) is 10.1 Å². The number of aldehydes is 1. The zero-order valence-electron chi connectivity index (χ0n) is 5.52. The topological polar surface area (TPSA) is 42.9 Å². The minimum atomic E-state index is 0.507. The molecule has 0 saturated carbocycles. The minimum absolute atomic E-state index is 0.507. The van der Waals surface area contributed by atoms with Gasteiger partial charge in [0.15, 0.2) is 6.29 Å². The Morgan fingerprint density at radius 2 is 2.45 bits per heavy atom. The Morgan fingerprint density at radius 1 is 1.55 bits per heavy atom. The summed E-state index contributed by atoms with van der Waals surface area (Å²) in [5, 5.41) is 0.889. The molecule has 3 nitrogen and oxygen atoms in total. The Labute approximate surface area is 66.9 Å². The van der Waals surface area contributed by atoms with E-state index in [1.807, 2.05) is 0 Å². The zero-order chi connectivity index (χ0) is 7.68. The molecule has 4 heteroatoms. The molecule has 0 aliphatic rings. The van der Waals surface area contributed by atoms with Gasteiger partial charge in [-0.2, -0.15) is 4.37 Å². The van der Waals surface area contributed by atoms with Crippen molar-refractivity contribution in [2.75, 3.05) is 0 Å². The summed E-state index contributed by atoms with van der Waals surface area (Å²) in [6, 6.07) is 1.79. The van der Waals surface area contributed by atoms with Crippen molar-refractivity contribution in [3.8, 4) is 0 Å². The van der Waals surface area contributed by atoms with Crippen molar-refractivity contribution >= 4 is 27.9 Å². The molecule has 11 heavy (non-hydrogen) atoms. The van der Waals surface area contributed by atoms with Crippen LogP contribution in [-0.4, -0.2) is 15.6 Å². The van der Waals surface area contributed by atoms with Crippen LogP contribution in [0.4, 0.5) is 0 Å². The van der Waals surface area contributed by atoms with Gasteiger partial charge < -0.3 is 0 Å². The maximum Gasteiger partial charge on any atom is 0.170 e. The van der Waals surface area contributed by atoms with Crippen LogP contribution in [0.1, 0.15) is 10.5 Å². The van der Waals surface area contributed by atoms with E-state index in [1.54, 1.807) is 18.5 Å². The van der Waals surface area contributed by atoms with Crippen LogP contribution in [0.15, 0.2) is 18.5 Å². The molecule has 0 radical (unpaired) electrons. The van der Waals surface area contributed by atoms with Crippen LogP contribution >= 0.6 is 11.5 Å². The van der Waals surface area contributed by atoms with E-state index in [0.717, 1.165) is 16.4 Å². The first-order chi connectivity index (χ1) is 5.42. The van der Waals surface area contributed by atoms with Crippen LogP contribution < -0.4 is 0 Å². The van der Waals surface area contributed by atoms with Gasteiger partial charge in [0, 0.05) is 17.8 Å². The first-order valence-corrected chi connectivity index (χ1v) is 3.84. The molecule has 0 atom stereocenters. The average Bonchev–Trinajstić information content (AvgIpc) is 2.47. The van der Waals surface area contributed by atoms with Gasteiger partial charge in [0.1, 0.15) is 5.69 Å². The highest BCUT2D eigenvalue weighted by atomic mass is 32.1. The number of carbonyl (C=O) groups excluding carboxylic acids is 1. The number of nitrogens with zero attached hydrogens (tertiary/aromatic N) is 2. The highest BCUT2D eigenvalue weighted by molar-refractivity contribution is 7.13. The quantitative estimate of drug-likeness (QED) is 0.600. The molecule has 0 bridgehead atoms. The summed E-state index contributed by atoms with van der Waals surface area (Å²) in [6.07, 6.45) is 4.13. The fourth-order valence-corrected chi connectivity index (χ4v) is 1.61. The van der Waals surface area contributed by atoms with Gasteiger partial charge in [-0.3, -0.25) is 9.78 Å². The van der Waals surface area contributed by atoms with Crippen molar-refractivity contribution < 1.29 is 4.79 Å². The van der Waals surface area contributed by atoms with Crippen molar-refractivity contribution in [1.29, 1.82) is 0 Å². The molecule has 0 N–H and O–H groups in total. The van der Waals surface area contributed by atoms with E-state index in [2.05, 4.69) is 9.36 Å². The molecule has 0 aromatic carbocycles. The standard InChI is InChI=1S/C7H4N2OS/c10-4-6-5-1-2-8-3-7(5)11-9-6/h1-4H. The highest BCUT2D eigenvalue weighted by Gasteiger charge is 2.02. The molecule has 0 aliphatic heterocycles. The van der Waals surface area contributed by atoms with Crippen molar-refractivity contribution in [3.05, 3.63) is 24.2 Å². The summed E-state index contributed by atoms with van der Waals surface area (Å²) in [4.78, 5) is 14.3. The number of carbonyl (C=O) groups is 1. The summed E-state index contributed by atoms with van der Waals surface area (Å²) in [5.74, 6) is 0. The maximum absolute atomic E-state index is 10.4. The Bertz CT molecular complexity index is 396. The predicted octanol–water partition coefficient (Wildman–Crippen LogP) is 1.50. The van der Waals surface area contributed by atoms with E-state index in [4.69, 9.17) is 0 Å². The first kappa shape index (κ1) is 6.42. The number of hydrogen-bond donors (Lipinski definition) is 0. The third-order valence-electron chi connectivity index (χ3n) is 1.41. The summed E-state index contributed by atoms with van der Waals surface area (Å²) in [6.45, 7) is 0. The summed E-state index contributed by atoms with van der Waals surface area (Å²) in [7, 11) is 0. The number of rotatable bonds is 1. The number of aromatic nitrogens is 2. The predicted molar refractivity (Wildman–Crippen MR) is 42.8 cm³/mol. The van der Waals surface area contributed by atoms with E-state index < -0.39 is 0 Å². The van der Waals surface area contributed by atoms with Crippen molar-refractivity contribution in [2.24, 2.45) is 0 Å². The zero-order valence-corrected chi connectivity index (χ0v) is 6.34. The molecule has 2 rings (SSSR count). The summed E-state index contributed by atoms with van der Waals surface area (Å²) >= 11 is 1.29. The van der Waals surface area contributed by atoms with Crippen LogP contribution in [0, 0.1) is 0 Å². The van der Waals surface area contributed by atoms with Gasteiger partial charge in [-0.15, -0.1) is 0 Å². The monoisotopic (exact) mass is 164 g/mol. The van der Waals surface area contributed by atoms with Gasteiger partial charge >= 0.3 is 0 Å². The normalized spacial score (nSPS) is 10.2. The Balaban J connectivity index is 2.86. The molecule has 0 unspecified atom stereocenters. The van der Waals surface area contributed by atoms with E-state index in [9.17, 15) is 4.79 Å². The summed E-state index contributed by atoms with van der Waals surface area (Å²) < 4.78 is 4.90. The van der Waals surface area contributed by atoms with E-state index in [1.165, 1.54) is 11.5 Å². The highest BCUT2D eigenvalue weighted by Crippen LogP contribution is 2.19. The van der Waals surface area contributed by atoms with Crippen molar-refractivity contribution in [1.82, 2.24) is 9.36 Å². The molecular weight excluding hydrogens is 160 g/mol. The van der Waals surface area contributed by atoms with Crippen LogP contribution in [-0.2, 0) is 0 Å². The van der Waals surface area contributed by atoms with E-state index >= 15 is 0 Å². The first-order valence-electron chi connectivity index (χ1n) is 3.06. The second-order valence-electron chi connectivity index (χ2n) is 2.06. The van der Waals surface area contributed by atoms with Gasteiger partial charge in [0.25, 0.3) is 0 Å². The number of hydrogen-bond acceptors (Lipinski definition) is 4. The molecule has 2 aromatic heterocycles. The third-order valence-corrected chi connectivity index (χ3v) is 2.22. The molecular formula is C7H4N2OS. The second kappa shape index (κ2) is 2.39. The lowest BCUT2D eigenvalue weighted by atomic mass is 10.3. The number of pyridine rings is 1. The average molecular weight is 164 g/mol. The Morgan fingerprint density at radius 3 is 3.27 bits per heavy atom. The summed E-state index contributed by atoms with van der Waals surface area (Å²) in [5.41, 5.74) is 0.507. The Hall–Kier alpha value is -1.29. The van der Waals surface area contributed by atoms with Crippen LogP contribution in [0.3, 0.4) is 0 Å². The lowest BCUT2D eigenvalue weighted by Crippen LogP contribution is -1.77. The van der Waals surface area contributed by atoms with Crippen molar-refractivity contribution in [2.45, 2.75) is 0 Å². The Kier molecular flexibility index (Phi) is 1.40. The maximum atomic E-state index is 10.4. The minimum Gasteiger partial charge on any atom is -0.296 e. The van der Waals surface area contributed by atoms with Crippen LogP contribution in [0.5, 0.6) is 0 Å².